The van der Waals surface area contributed by atoms with Crippen molar-refractivity contribution < 1.29 is 13.9 Å². The van der Waals surface area contributed by atoms with Gasteiger partial charge in [0.05, 0.1) is 12.0 Å². The molecule has 1 N–H and O–H groups in total. The number of benzene rings is 2. The zero-order valence-corrected chi connectivity index (χ0v) is 15.6. The van der Waals surface area contributed by atoms with Crippen LogP contribution in [0.25, 0.3) is 11.1 Å². The van der Waals surface area contributed by atoms with E-state index in [4.69, 9.17) is 5.26 Å². The number of phenolic OH excluding ortho intramolecular Hbond substituents is 1. The van der Waals surface area contributed by atoms with Gasteiger partial charge in [-0.2, -0.15) is 5.26 Å². The molecule has 5 heteroatoms. The largest absolute Gasteiger partial charge is 0.504 e. The van der Waals surface area contributed by atoms with E-state index in [-0.39, 0.29) is 24.8 Å². The Morgan fingerprint density at radius 3 is 2.63 bits per heavy atom. The van der Waals surface area contributed by atoms with Crippen molar-refractivity contribution in [2.45, 2.75) is 33.0 Å². The third-order valence-electron chi connectivity index (χ3n) is 5.96. The molecule has 0 aliphatic carbocycles. The minimum atomic E-state index is -1.15. The number of likely N-dealkylation sites (tertiary alicyclic amines) is 1. The number of nitriles is 1. The van der Waals surface area contributed by atoms with Crippen LogP contribution in [0.2, 0.25) is 0 Å². The van der Waals surface area contributed by atoms with Gasteiger partial charge in [-0.25, -0.2) is 8.78 Å². The van der Waals surface area contributed by atoms with E-state index in [0.29, 0.717) is 24.1 Å². The molecule has 0 bridgehead atoms. The Labute approximate surface area is 158 Å². The van der Waals surface area contributed by atoms with Gasteiger partial charge in [-0.15, -0.1) is 0 Å². The van der Waals surface area contributed by atoms with E-state index in [1.165, 1.54) is 0 Å². The third-order valence-corrected chi connectivity index (χ3v) is 5.96. The van der Waals surface area contributed by atoms with E-state index < -0.39 is 17.4 Å². The van der Waals surface area contributed by atoms with Crippen LogP contribution in [0.1, 0.15) is 25.8 Å². The third kappa shape index (κ3) is 3.68. The lowest BCUT2D eigenvalue weighted by Crippen LogP contribution is -2.49. The van der Waals surface area contributed by atoms with Gasteiger partial charge in [0.15, 0.2) is 11.6 Å². The second-order valence-electron chi connectivity index (χ2n) is 7.61. The Morgan fingerprint density at radius 1 is 1.30 bits per heavy atom. The maximum absolute atomic E-state index is 14.8. The van der Waals surface area contributed by atoms with Gasteiger partial charge >= 0.3 is 0 Å². The number of alkyl halides is 1. The van der Waals surface area contributed by atoms with Crippen molar-refractivity contribution in [3.8, 4) is 22.9 Å². The van der Waals surface area contributed by atoms with Gasteiger partial charge in [-0.1, -0.05) is 49.4 Å². The molecule has 27 heavy (non-hydrogen) atoms. The van der Waals surface area contributed by atoms with Gasteiger partial charge in [-0.05, 0) is 25.5 Å². The van der Waals surface area contributed by atoms with Crippen molar-refractivity contribution in [3.05, 3.63) is 53.8 Å². The molecule has 2 aromatic rings. The molecular weight excluding hydrogens is 346 g/mol. The SMILES string of the molecule is CC(C#N)C1(C)CCN(Cc2ccc(-c3ccccc3)c(O)c2F)CC1F. The maximum Gasteiger partial charge on any atom is 0.169 e. The van der Waals surface area contributed by atoms with Crippen LogP contribution in [0, 0.1) is 28.5 Å². The Bertz CT molecular complexity index is 849. The van der Waals surface area contributed by atoms with Crippen LogP contribution in [0.15, 0.2) is 42.5 Å². The van der Waals surface area contributed by atoms with Crippen molar-refractivity contribution in [1.82, 2.24) is 4.90 Å². The van der Waals surface area contributed by atoms with Gasteiger partial charge in [0, 0.05) is 29.6 Å². The molecule has 1 saturated heterocycles. The first-order valence-corrected chi connectivity index (χ1v) is 9.18. The monoisotopic (exact) mass is 370 g/mol. The predicted molar refractivity (Wildman–Crippen MR) is 101 cm³/mol. The number of nitrogens with zero attached hydrogens (tertiary/aromatic N) is 2. The van der Waals surface area contributed by atoms with E-state index >= 15 is 0 Å². The van der Waals surface area contributed by atoms with Crippen molar-refractivity contribution in [3.63, 3.8) is 0 Å². The Hall–Kier alpha value is -2.45. The van der Waals surface area contributed by atoms with Crippen molar-refractivity contribution in [2.75, 3.05) is 13.1 Å². The van der Waals surface area contributed by atoms with Crippen LogP contribution < -0.4 is 0 Å². The molecule has 3 unspecified atom stereocenters. The molecule has 0 aromatic heterocycles. The minimum Gasteiger partial charge on any atom is -0.504 e. The highest BCUT2D eigenvalue weighted by Crippen LogP contribution is 2.41. The molecule has 1 aliphatic rings. The second kappa shape index (κ2) is 7.66. The molecule has 142 valence electrons. The summed E-state index contributed by atoms with van der Waals surface area (Å²) in [6.07, 6.45) is -0.611. The molecule has 3 atom stereocenters. The van der Waals surface area contributed by atoms with Gasteiger partial charge in [0.2, 0.25) is 0 Å². The second-order valence-corrected chi connectivity index (χ2v) is 7.61. The molecule has 1 heterocycles. The zero-order valence-electron chi connectivity index (χ0n) is 15.6. The summed E-state index contributed by atoms with van der Waals surface area (Å²) < 4.78 is 29.5. The molecular formula is C22H24F2N2O. The first kappa shape index (κ1) is 19.3. The zero-order chi connectivity index (χ0) is 19.6. The average molecular weight is 370 g/mol. The van der Waals surface area contributed by atoms with Gasteiger partial charge < -0.3 is 5.11 Å². The summed E-state index contributed by atoms with van der Waals surface area (Å²) in [6.45, 7) is 4.53. The number of aromatic hydroxyl groups is 1. The molecule has 0 saturated carbocycles. The molecule has 2 aromatic carbocycles. The number of phenols is 1. The lowest BCUT2D eigenvalue weighted by atomic mass is 9.70. The van der Waals surface area contributed by atoms with Crippen LogP contribution in [-0.2, 0) is 6.54 Å². The molecule has 1 aliphatic heterocycles. The maximum atomic E-state index is 14.8. The summed E-state index contributed by atoms with van der Waals surface area (Å²) in [4.78, 5) is 1.84. The number of hydrogen-bond acceptors (Lipinski definition) is 3. The average Bonchev–Trinajstić information content (AvgIpc) is 2.68. The van der Waals surface area contributed by atoms with Crippen LogP contribution in [-0.4, -0.2) is 29.3 Å². The highest BCUT2D eigenvalue weighted by molar-refractivity contribution is 5.70. The number of piperidine rings is 1. The highest BCUT2D eigenvalue weighted by atomic mass is 19.1. The standard InChI is InChI=1S/C22H24F2N2O/c1-15(12-25)22(2)10-11-26(14-19(22)23)13-17-8-9-18(21(27)20(17)24)16-6-4-3-5-7-16/h3-9,15,19,27H,10-11,13-14H2,1-2H3. The lowest BCUT2D eigenvalue weighted by Gasteiger charge is -2.43. The van der Waals surface area contributed by atoms with Crippen molar-refractivity contribution in [2.24, 2.45) is 11.3 Å². The first-order chi connectivity index (χ1) is 12.9. The van der Waals surface area contributed by atoms with E-state index in [1.54, 1.807) is 19.1 Å². The minimum absolute atomic E-state index is 0.156. The topological polar surface area (TPSA) is 47.3 Å². The Morgan fingerprint density at radius 2 is 2.00 bits per heavy atom. The van der Waals surface area contributed by atoms with Gasteiger partial charge in [-0.3, -0.25) is 4.90 Å². The highest BCUT2D eigenvalue weighted by Gasteiger charge is 2.44. The molecule has 0 radical (unpaired) electrons. The quantitative estimate of drug-likeness (QED) is 0.832. The van der Waals surface area contributed by atoms with E-state index in [0.717, 1.165) is 5.56 Å². The summed E-state index contributed by atoms with van der Waals surface area (Å²) in [5.74, 6) is -1.42. The summed E-state index contributed by atoms with van der Waals surface area (Å²) in [6, 6.07) is 14.6. The van der Waals surface area contributed by atoms with Crippen LogP contribution >= 0.6 is 0 Å². The fourth-order valence-corrected chi connectivity index (χ4v) is 3.68. The first-order valence-electron chi connectivity index (χ1n) is 9.18. The van der Waals surface area contributed by atoms with E-state index in [1.807, 2.05) is 42.2 Å². The van der Waals surface area contributed by atoms with Crippen LogP contribution in [0.4, 0.5) is 8.78 Å². The Balaban J connectivity index is 1.76. The fourth-order valence-electron chi connectivity index (χ4n) is 3.68. The van der Waals surface area contributed by atoms with Gasteiger partial charge in [0.25, 0.3) is 0 Å². The molecule has 3 rings (SSSR count). The smallest absolute Gasteiger partial charge is 0.169 e. The normalized spacial score (nSPS) is 24.3. The van der Waals surface area contributed by atoms with E-state index in [9.17, 15) is 13.9 Å². The molecule has 0 spiro atoms. The van der Waals surface area contributed by atoms with Crippen molar-refractivity contribution >= 4 is 0 Å². The lowest BCUT2D eigenvalue weighted by molar-refractivity contribution is -0.00597. The fraction of sp³-hybridized carbons (Fsp3) is 0.409. The summed E-state index contributed by atoms with van der Waals surface area (Å²) in [7, 11) is 0. The van der Waals surface area contributed by atoms with Crippen LogP contribution in [0.5, 0.6) is 5.75 Å². The number of hydrogen-bond donors (Lipinski definition) is 1. The van der Waals surface area contributed by atoms with Gasteiger partial charge in [0.1, 0.15) is 6.17 Å². The molecule has 0 amide bonds. The Kier molecular flexibility index (Phi) is 5.48. The predicted octanol–water partition coefficient (Wildman–Crippen LogP) is 4.91. The number of rotatable bonds is 4. The summed E-state index contributed by atoms with van der Waals surface area (Å²) in [5, 5.41) is 19.4. The molecule has 1 fully saturated rings. The van der Waals surface area contributed by atoms with E-state index in [2.05, 4.69) is 6.07 Å². The summed E-state index contributed by atoms with van der Waals surface area (Å²) >= 11 is 0. The number of halogens is 2. The van der Waals surface area contributed by atoms with Crippen molar-refractivity contribution in [1.29, 1.82) is 5.26 Å². The summed E-state index contributed by atoms with van der Waals surface area (Å²) in [5.41, 5.74) is 0.845. The molecule has 3 nitrogen and oxygen atoms in total. The van der Waals surface area contributed by atoms with Crippen LogP contribution in [0.3, 0.4) is 0 Å².